The first-order chi connectivity index (χ1) is 9.80. The van der Waals surface area contributed by atoms with Gasteiger partial charge in [0, 0.05) is 11.1 Å². The van der Waals surface area contributed by atoms with Crippen molar-refractivity contribution >= 4 is 6.29 Å². The fourth-order valence-corrected chi connectivity index (χ4v) is 2.04. The summed E-state index contributed by atoms with van der Waals surface area (Å²) in [6, 6.07) is 13.2. The summed E-state index contributed by atoms with van der Waals surface area (Å²) in [4.78, 5) is 11.3. The summed E-state index contributed by atoms with van der Waals surface area (Å²) in [5.41, 5.74) is 2.37. The molecule has 0 fully saturated rings. The molecule has 0 bridgehead atoms. The van der Waals surface area contributed by atoms with Crippen LogP contribution in [0.15, 0.2) is 42.5 Å². The minimum Gasteiger partial charge on any atom is -0.497 e. The maximum atomic E-state index is 11.3. The van der Waals surface area contributed by atoms with Gasteiger partial charge in [-0.05, 0) is 36.2 Å². The molecular weight excluding hydrogens is 252 g/mol. The molecule has 104 valence electrons. The van der Waals surface area contributed by atoms with E-state index in [1.54, 1.807) is 13.2 Å². The Labute approximate surface area is 119 Å². The smallest absolute Gasteiger partial charge is 0.150 e. The highest BCUT2D eigenvalue weighted by atomic mass is 16.5. The van der Waals surface area contributed by atoms with Crippen LogP contribution in [0.4, 0.5) is 0 Å². The maximum absolute atomic E-state index is 11.3. The fraction of sp³-hybridized carbons (Fsp3) is 0.235. The summed E-state index contributed by atoms with van der Waals surface area (Å²) in [7, 11) is 1.59. The highest BCUT2D eigenvalue weighted by Crippen LogP contribution is 2.33. The van der Waals surface area contributed by atoms with E-state index < -0.39 is 0 Å². The van der Waals surface area contributed by atoms with E-state index >= 15 is 0 Å². The molecule has 20 heavy (non-hydrogen) atoms. The predicted octanol–water partition coefficient (Wildman–Crippen LogP) is 3.96. The Morgan fingerprint density at radius 3 is 2.60 bits per heavy atom. The van der Waals surface area contributed by atoms with Crippen LogP contribution in [0.5, 0.6) is 11.5 Å². The van der Waals surface area contributed by atoms with Crippen molar-refractivity contribution in [1.82, 2.24) is 0 Å². The third-order valence-corrected chi connectivity index (χ3v) is 3.02. The molecule has 0 aliphatic heterocycles. The highest BCUT2D eigenvalue weighted by molar-refractivity contribution is 5.89. The van der Waals surface area contributed by atoms with E-state index in [0.717, 1.165) is 29.6 Å². The van der Waals surface area contributed by atoms with Gasteiger partial charge in [-0.15, -0.1) is 0 Å². The van der Waals surface area contributed by atoms with Gasteiger partial charge in [-0.3, -0.25) is 4.79 Å². The molecule has 0 radical (unpaired) electrons. The normalized spacial score (nSPS) is 10.1. The van der Waals surface area contributed by atoms with Crippen LogP contribution in [-0.4, -0.2) is 20.0 Å². The summed E-state index contributed by atoms with van der Waals surface area (Å²) in [6.45, 7) is 2.72. The Balaban J connectivity index is 2.48. The number of benzene rings is 2. The Kier molecular flexibility index (Phi) is 4.77. The second-order valence-electron chi connectivity index (χ2n) is 4.42. The van der Waals surface area contributed by atoms with Crippen LogP contribution < -0.4 is 9.47 Å². The molecule has 3 nitrogen and oxygen atoms in total. The molecule has 2 aromatic rings. The van der Waals surface area contributed by atoms with Gasteiger partial charge in [-0.2, -0.15) is 0 Å². The largest absolute Gasteiger partial charge is 0.497 e. The summed E-state index contributed by atoms with van der Waals surface area (Å²) >= 11 is 0. The quantitative estimate of drug-likeness (QED) is 0.745. The van der Waals surface area contributed by atoms with Crippen LogP contribution >= 0.6 is 0 Å². The minimum absolute atomic E-state index is 0.594. The molecule has 0 aliphatic carbocycles. The summed E-state index contributed by atoms with van der Waals surface area (Å²) in [5, 5.41) is 0. The van der Waals surface area contributed by atoms with Crippen molar-refractivity contribution in [2.75, 3.05) is 13.7 Å². The Morgan fingerprint density at radius 1 is 1.10 bits per heavy atom. The lowest BCUT2D eigenvalue weighted by Crippen LogP contribution is -1.98. The number of para-hydroxylation sites is 1. The number of carbonyl (C=O) groups is 1. The van der Waals surface area contributed by atoms with Crippen LogP contribution in [-0.2, 0) is 0 Å². The van der Waals surface area contributed by atoms with Crippen LogP contribution in [0.2, 0.25) is 0 Å². The van der Waals surface area contributed by atoms with E-state index in [-0.39, 0.29) is 0 Å². The number of ether oxygens (including phenoxy) is 2. The van der Waals surface area contributed by atoms with Crippen molar-refractivity contribution in [2.24, 2.45) is 0 Å². The molecule has 0 spiro atoms. The molecular formula is C17H18O3. The zero-order valence-corrected chi connectivity index (χ0v) is 11.8. The zero-order chi connectivity index (χ0) is 14.4. The van der Waals surface area contributed by atoms with E-state index in [4.69, 9.17) is 9.47 Å². The lowest BCUT2D eigenvalue weighted by molar-refractivity contribution is 0.112. The number of methoxy groups -OCH3 is 1. The Hall–Kier alpha value is -2.29. The molecule has 2 aromatic carbocycles. The summed E-state index contributed by atoms with van der Waals surface area (Å²) < 4.78 is 10.9. The summed E-state index contributed by atoms with van der Waals surface area (Å²) in [6.07, 6.45) is 1.78. The van der Waals surface area contributed by atoms with Gasteiger partial charge in [0.25, 0.3) is 0 Å². The first-order valence-electron chi connectivity index (χ1n) is 6.65. The van der Waals surface area contributed by atoms with E-state index in [9.17, 15) is 4.79 Å². The average molecular weight is 270 g/mol. The monoisotopic (exact) mass is 270 g/mol. The van der Waals surface area contributed by atoms with E-state index in [2.05, 4.69) is 6.92 Å². The van der Waals surface area contributed by atoms with Gasteiger partial charge in [0.1, 0.15) is 11.5 Å². The zero-order valence-electron chi connectivity index (χ0n) is 11.8. The van der Waals surface area contributed by atoms with Gasteiger partial charge < -0.3 is 9.47 Å². The van der Waals surface area contributed by atoms with Gasteiger partial charge in [0.05, 0.1) is 13.7 Å². The minimum atomic E-state index is 0.594. The van der Waals surface area contributed by atoms with Crippen molar-refractivity contribution in [3.8, 4) is 22.6 Å². The predicted molar refractivity (Wildman–Crippen MR) is 79.6 cm³/mol. The van der Waals surface area contributed by atoms with Gasteiger partial charge in [0.2, 0.25) is 0 Å². The first-order valence-corrected chi connectivity index (χ1v) is 6.65. The van der Waals surface area contributed by atoms with Gasteiger partial charge >= 0.3 is 0 Å². The molecule has 3 heteroatoms. The molecule has 2 rings (SSSR count). The molecule has 0 atom stereocenters. The van der Waals surface area contributed by atoms with Crippen molar-refractivity contribution in [2.45, 2.75) is 13.3 Å². The second-order valence-corrected chi connectivity index (χ2v) is 4.42. The second kappa shape index (κ2) is 6.75. The van der Waals surface area contributed by atoms with Gasteiger partial charge in [-0.1, -0.05) is 25.1 Å². The number of carbonyl (C=O) groups excluding carboxylic acids is 1. The molecule has 0 amide bonds. The topological polar surface area (TPSA) is 35.5 Å². The van der Waals surface area contributed by atoms with Crippen LogP contribution in [0, 0.1) is 0 Å². The number of hydrogen-bond donors (Lipinski definition) is 0. The van der Waals surface area contributed by atoms with Crippen molar-refractivity contribution in [1.29, 1.82) is 0 Å². The molecule has 0 unspecified atom stereocenters. The lowest BCUT2D eigenvalue weighted by Gasteiger charge is -2.13. The molecule has 0 aromatic heterocycles. The Morgan fingerprint density at radius 2 is 1.90 bits per heavy atom. The SMILES string of the molecule is CCCOc1ccccc1-c1ccc(OC)cc1C=O. The van der Waals surface area contributed by atoms with E-state index in [1.165, 1.54) is 0 Å². The third kappa shape index (κ3) is 2.99. The van der Waals surface area contributed by atoms with Crippen molar-refractivity contribution in [3.05, 3.63) is 48.0 Å². The van der Waals surface area contributed by atoms with E-state index in [0.29, 0.717) is 17.9 Å². The summed E-state index contributed by atoms with van der Waals surface area (Å²) in [5.74, 6) is 1.46. The third-order valence-electron chi connectivity index (χ3n) is 3.02. The van der Waals surface area contributed by atoms with Crippen LogP contribution in [0.1, 0.15) is 23.7 Å². The number of rotatable bonds is 6. The Bertz CT molecular complexity index is 591. The van der Waals surface area contributed by atoms with Gasteiger partial charge in [-0.25, -0.2) is 0 Å². The average Bonchev–Trinajstić information content (AvgIpc) is 2.52. The lowest BCUT2D eigenvalue weighted by atomic mass is 9.99. The highest BCUT2D eigenvalue weighted by Gasteiger charge is 2.11. The maximum Gasteiger partial charge on any atom is 0.150 e. The number of hydrogen-bond acceptors (Lipinski definition) is 3. The number of aldehydes is 1. The van der Waals surface area contributed by atoms with Crippen molar-refractivity contribution < 1.29 is 14.3 Å². The van der Waals surface area contributed by atoms with Gasteiger partial charge in [0.15, 0.2) is 6.29 Å². The molecule has 0 heterocycles. The van der Waals surface area contributed by atoms with Crippen molar-refractivity contribution in [3.63, 3.8) is 0 Å². The molecule has 0 saturated heterocycles. The van der Waals surface area contributed by atoms with Crippen LogP contribution in [0.3, 0.4) is 0 Å². The molecule has 0 saturated carbocycles. The standard InChI is InChI=1S/C17H18O3/c1-3-10-20-17-7-5-4-6-16(17)15-9-8-14(19-2)11-13(15)12-18/h4-9,11-12H,3,10H2,1-2H3. The van der Waals surface area contributed by atoms with E-state index in [1.807, 2.05) is 36.4 Å². The first kappa shape index (κ1) is 14.1. The molecule has 0 N–H and O–H groups in total. The molecule has 0 aliphatic rings. The fourth-order valence-electron chi connectivity index (χ4n) is 2.04. The van der Waals surface area contributed by atoms with Crippen LogP contribution in [0.25, 0.3) is 11.1 Å².